The second-order valence-electron chi connectivity index (χ2n) is 5.80. The van der Waals surface area contributed by atoms with Crippen LogP contribution in [0, 0.1) is 16.0 Å². The summed E-state index contributed by atoms with van der Waals surface area (Å²) in [4.78, 5) is 10.6. The van der Waals surface area contributed by atoms with E-state index in [0.29, 0.717) is 18.2 Å². The molecule has 1 fully saturated rings. The number of anilines is 1. The van der Waals surface area contributed by atoms with Gasteiger partial charge in [-0.15, -0.1) is 0 Å². The second-order valence-corrected chi connectivity index (χ2v) is 7.95. The lowest BCUT2D eigenvalue weighted by atomic mass is 10.1. The summed E-state index contributed by atoms with van der Waals surface area (Å²) in [7, 11) is -0.907. The van der Waals surface area contributed by atoms with Crippen molar-refractivity contribution < 1.29 is 13.3 Å². The second kappa shape index (κ2) is 7.24. The molecule has 8 nitrogen and oxygen atoms in total. The van der Waals surface area contributed by atoms with Crippen LogP contribution < -0.4 is 10.6 Å². The van der Waals surface area contributed by atoms with E-state index in [1.807, 2.05) is 0 Å². The third-order valence-corrected chi connectivity index (χ3v) is 5.79. The highest BCUT2D eigenvalue weighted by atomic mass is 32.2. The van der Waals surface area contributed by atoms with E-state index in [9.17, 15) is 18.5 Å². The Hall–Kier alpha value is -1.71. The van der Waals surface area contributed by atoms with Crippen LogP contribution in [0.25, 0.3) is 0 Å². The van der Waals surface area contributed by atoms with Crippen LogP contribution in [0.3, 0.4) is 0 Å². The summed E-state index contributed by atoms with van der Waals surface area (Å²) in [6, 6.07) is 3.96. The normalized spacial score (nSPS) is 18.3. The number of nitrogens with zero attached hydrogens (tertiary/aromatic N) is 2. The topological polar surface area (TPSA) is 105 Å². The third kappa shape index (κ3) is 4.18. The van der Waals surface area contributed by atoms with E-state index in [0.717, 1.165) is 36.3 Å². The summed E-state index contributed by atoms with van der Waals surface area (Å²) in [6.45, 7) is 2.61. The molecule has 0 amide bonds. The average molecular weight is 342 g/mol. The van der Waals surface area contributed by atoms with Crippen molar-refractivity contribution in [3.63, 3.8) is 0 Å². The molecule has 2 N–H and O–H groups in total. The molecule has 0 bridgehead atoms. The molecule has 0 saturated carbocycles. The monoisotopic (exact) mass is 342 g/mol. The largest absolute Gasteiger partial charge is 0.379 e. The van der Waals surface area contributed by atoms with Gasteiger partial charge in [-0.2, -0.15) is 0 Å². The van der Waals surface area contributed by atoms with Crippen LogP contribution >= 0.6 is 0 Å². The first-order chi connectivity index (χ1) is 10.8. The van der Waals surface area contributed by atoms with Gasteiger partial charge in [-0.05, 0) is 44.0 Å². The maximum Gasteiger partial charge on any atom is 0.293 e. The Balaban J connectivity index is 2.14. The lowest BCUT2D eigenvalue weighted by molar-refractivity contribution is -0.384. The fraction of sp³-hybridized carbons (Fsp3) is 0.571. The van der Waals surface area contributed by atoms with Gasteiger partial charge >= 0.3 is 0 Å². The maximum atomic E-state index is 12.1. The lowest BCUT2D eigenvalue weighted by Crippen LogP contribution is -2.22. The number of hydrogen-bond donors (Lipinski definition) is 2. The summed E-state index contributed by atoms with van der Waals surface area (Å²) in [5.74, 6) is 0.579. The molecule has 1 aromatic carbocycles. The van der Waals surface area contributed by atoms with E-state index in [1.54, 1.807) is 0 Å². The average Bonchev–Trinajstić information content (AvgIpc) is 3.00. The van der Waals surface area contributed by atoms with E-state index in [4.69, 9.17) is 0 Å². The predicted molar refractivity (Wildman–Crippen MR) is 88.1 cm³/mol. The van der Waals surface area contributed by atoms with Crippen molar-refractivity contribution in [2.45, 2.75) is 17.7 Å². The molecule has 1 atom stereocenters. The van der Waals surface area contributed by atoms with E-state index >= 15 is 0 Å². The van der Waals surface area contributed by atoms with Gasteiger partial charge in [0.25, 0.3) is 5.69 Å². The van der Waals surface area contributed by atoms with Crippen LogP contribution in [0.15, 0.2) is 23.1 Å². The molecule has 9 heteroatoms. The SMILES string of the molecule is CN(C)S(=O)(=O)c1ccc(NCCC2CCNC2)c([N+](=O)[O-])c1. The summed E-state index contributed by atoms with van der Waals surface area (Å²) < 4.78 is 25.2. The molecule has 1 aliphatic heterocycles. The highest BCUT2D eigenvalue weighted by Gasteiger charge is 2.23. The molecule has 1 saturated heterocycles. The van der Waals surface area contributed by atoms with Gasteiger partial charge < -0.3 is 10.6 Å². The number of sulfonamides is 1. The Morgan fingerprint density at radius 2 is 2.17 bits per heavy atom. The maximum absolute atomic E-state index is 12.1. The molecule has 0 spiro atoms. The molecule has 1 aliphatic rings. The molecule has 1 aromatic rings. The van der Waals surface area contributed by atoms with Crippen molar-refractivity contribution in [3.8, 4) is 0 Å². The highest BCUT2D eigenvalue weighted by molar-refractivity contribution is 7.89. The molecule has 2 rings (SSSR count). The molecule has 1 heterocycles. The van der Waals surface area contributed by atoms with Gasteiger partial charge in [-0.1, -0.05) is 0 Å². The Kier molecular flexibility index (Phi) is 5.55. The van der Waals surface area contributed by atoms with Gasteiger partial charge in [0, 0.05) is 26.7 Å². The summed E-state index contributed by atoms with van der Waals surface area (Å²) in [5.41, 5.74) is 0.121. The van der Waals surface area contributed by atoms with E-state index in [2.05, 4.69) is 10.6 Å². The van der Waals surface area contributed by atoms with Crippen molar-refractivity contribution in [2.24, 2.45) is 5.92 Å². The standard InChI is InChI=1S/C14H22N4O4S/c1-17(2)23(21,22)12-3-4-13(14(9-12)18(19)20)16-8-6-11-5-7-15-10-11/h3-4,9,11,15-16H,5-8,10H2,1-2H3. The third-order valence-electron chi connectivity index (χ3n) is 3.97. The number of nitro benzene ring substituents is 1. The zero-order chi connectivity index (χ0) is 17.0. The van der Waals surface area contributed by atoms with E-state index < -0.39 is 14.9 Å². The summed E-state index contributed by atoms with van der Waals surface area (Å²) >= 11 is 0. The van der Waals surface area contributed by atoms with Gasteiger partial charge in [0.2, 0.25) is 10.0 Å². The molecule has 0 aliphatic carbocycles. The fourth-order valence-electron chi connectivity index (χ4n) is 2.56. The molecule has 1 unspecified atom stereocenters. The van der Waals surface area contributed by atoms with Crippen LogP contribution in [-0.2, 0) is 10.0 Å². The van der Waals surface area contributed by atoms with Gasteiger partial charge in [-0.25, -0.2) is 12.7 Å². The Morgan fingerprint density at radius 3 is 2.74 bits per heavy atom. The predicted octanol–water partition coefficient (Wildman–Crippen LogP) is 1.26. The number of nitro groups is 1. The van der Waals surface area contributed by atoms with Crippen molar-refractivity contribution in [2.75, 3.05) is 39.0 Å². The number of rotatable bonds is 7. The van der Waals surface area contributed by atoms with Crippen molar-refractivity contribution in [3.05, 3.63) is 28.3 Å². The first kappa shape index (κ1) is 17.6. The van der Waals surface area contributed by atoms with Crippen LogP contribution in [0.4, 0.5) is 11.4 Å². The molecule has 0 aromatic heterocycles. The smallest absolute Gasteiger partial charge is 0.293 e. The number of benzene rings is 1. The van der Waals surface area contributed by atoms with Crippen LogP contribution in [0.5, 0.6) is 0 Å². The quantitative estimate of drug-likeness (QED) is 0.571. The van der Waals surface area contributed by atoms with Gasteiger partial charge in [-0.3, -0.25) is 10.1 Å². The summed E-state index contributed by atoms with van der Waals surface area (Å²) in [6.07, 6.45) is 2.03. The zero-order valence-electron chi connectivity index (χ0n) is 13.3. The Bertz CT molecular complexity index is 669. The van der Waals surface area contributed by atoms with Gasteiger partial charge in [0.1, 0.15) is 5.69 Å². The van der Waals surface area contributed by atoms with Gasteiger partial charge in [0.15, 0.2) is 0 Å². The lowest BCUT2D eigenvalue weighted by Gasteiger charge is -2.13. The van der Waals surface area contributed by atoms with Crippen molar-refractivity contribution in [1.29, 1.82) is 0 Å². The minimum atomic E-state index is -3.69. The number of nitrogens with one attached hydrogen (secondary N) is 2. The summed E-state index contributed by atoms with van der Waals surface area (Å²) in [5, 5.41) is 17.6. The molecular weight excluding hydrogens is 320 g/mol. The molecule has 128 valence electrons. The first-order valence-electron chi connectivity index (χ1n) is 7.48. The van der Waals surface area contributed by atoms with Crippen LogP contribution in [0.1, 0.15) is 12.8 Å². The Labute approximate surface area is 136 Å². The van der Waals surface area contributed by atoms with Crippen LogP contribution in [0.2, 0.25) is 0 Å². The fourth-order valence-corrected chi connectivity index (χ4v) is 3.48. The molecule has 23 heavy (non-hydrogen) atoms. The van der Waals surface area contributed by atoms with Crippen molar-refractivity contribution >= 4 is 21.4 Å². The minimum absolute atomic E-state index is 0.0836. The minimum Gasteiger partial charge on any atom is -0.379 e. The van der Waals surface area contributed by atoms with Crippen molar-refractivity contribution in [1.82, 2.24) is 9.62 Å². The zero-order valence-corrected chi connectivity index (χ0v) is 14.1. The van der Waals surface area contributed by atoms with E-state index in [-0.39, 0.29) is 10.6 Å². The Morgan fingerprint density at radius 1 is 1.43 bits per heavy atom. The highest BCUT2D eigenvalue weighted by Crippen LogP contribution is 2.28. The number of hydrogen-bond acceptors (Lipinski definition) is 6. The first-order valence-corrected chi connectivity index (χ1v) is 8.92. The molecular formula is C14H22N4O4S. The van der Waals surface area contributed by atoms with Crippen LogP contribution in [-0.4, -0.2) is 51.4 Å². The van der Waals surface area contributed by atoms with E-state index in [1.165, 1.54) is 26.2 Å². The van der Waals surface area contributed by atoms with Gasteiger partial charge in [0.05, 0.1) is 9.82 Å². The molecule has 0 radical (unpaired) electrons.